The van der Waals surface area contributed by atoms with Gasteiger partial charge in [-0.15, -0.1) is 0 Å². The summed E-state index contributed by atoms with van der Waals surface area (Å²) in [6.07, 6.45) is 4.54. The number of nitrogens with one attached hydrogen (secondary N) is 2. The summed E-state index contributed by atoms with van der Waals surface area (Å²) in [6, 6.07) is 59.5. The zero-order valence-electron chi connectivity index (χ0n) is 35.8. The van der Waals surface area contributed by atoms with Crippen LogP contribution in [-0.4, -0.2) is 32.2 Å². The van der Waals surface area contributed by atoms with Crippen molar-refractivity contribution >= 4 is 66.8 Å². The van der Waals surface area contributed by atoms with Crippen molar-refractivity contribution in [1.29, 1.82) is 0 Å². The fourth-order valence-corrected chi connectivity index (χ4v) is 9.45. The summed E-state index contributed by atoms with van der Waals surface area (Å²) in [4.78, 5) is 10.6. The van der Waals surface area contributed by atoms with E-state index in [1.807, 2.05) is 24.3 Å². The average Bonchev–Trinajstić information content (AvgIpc) is 3.82. The Hall–Kier alpha value is -6.28. The Balaban J connectivity index is 0.784. The van der Waals surface area contributed by atoms with Gasteiger partial charge >= 0.3 is 0 Å². The third-order valence-electron chi connectivity index (χ3n) is 12.3. The predicted molar refractivity (Wildman–Crippen MR) is 268 cm³/mol. The normalized spacial score (nSPS) is 11.7. The zero-order chi connectivity index (χ0) is 43.2. The van der Waals surface area contributed by atoms with Crippen molar-refractivity contribution < 1.29 is 0 Å². The molecule has 6 nitrogen and oxygen atoms in total. The molecule has 0 aliphatic rings. The van der Waals surface area contributed by atoms with Crippen molar-refractivity contribution in [2.24, 2.45) is 0 Å². The molecule has 318 valence electrons. The summed E-state index contributed by atoms with van der Waals surface area (Å²) in [5.41, 5.74) is 13.4. The molecule has 0 saturated heterocycles. The first-order valence-electron chi connectivity index (χ1n) is 22.4. The SMILES string of the molecule is Clc1ccc(-c2nc(CNCCCCCCNCc3cc4c5ccccc5n(Cc5ccccc5)c4c(-c4ccc(Cl)cc4)n3)cc3c4ccccc4n(Cc4ccccc4)c23)cc1. The van der Waals surface area contributed by atoms with Crippen molar-refractivity contribution in [1.82, 2.24) is 29.7 Å². The third-order valence-corrected chi connectivity index (χ3v) is 12.8. The zero-order valence-corrected chi connectivity index (χ0v) is 37.3. The molecule has 8 heteroatoms. The molecule has 0 unspecified atom stereocenters. The molecule has 4 aromatic heterocycles. The van der Waals surface area contributed by atoms with E-state index in [4.69, 9.17) is 33.2 Å². The Labute approximate surface area is 384 Å². The smallest absolute Gasteiger partial charge is 0.0949 e. The number of hydrogen-bond donors (Lipinski definition) is 2. The van der Waals surface area contributed by atoms with Crippen LogP contribution < -0.4 is 10.6 Å². The van der Waals surface area contributed by atoms with Crippen LogP contribution in [0.3, 0.4) is 0 Å². The maximum Gasteiger partial charge on any atom is 0.0949 e. The van der Waals surface area contributed by atoms with E-state index in [2.05, 4.69) is 165 Å². The fourth-order valence-electron chi connectivity index (χ4n) is 9.20. The molecule has 6 aromatic carbocycles. The second-order valence-electron chi connectivity index (χ2n) is 16.7. The van der Waals surface area contributed by atoms with E-state index in [0.717, 1.165) is 107 Å². The first-order valence-corrected chi connectivity index (χ1v) is 23.2. The van der Waals surface area contributed by atoms with E-state index in [-0.39, 0.29) is 0 Å². The van der Waals surface area contributed by atoms with Gasteiger partial charge in [0.25, 0.3) is 0 Å². The van der Waals surface area contributed by atoms with Crippen LogP contribution in [0.15, 0.2) is 170 Å². The standard InChI is InChI=1S/C56H50Cl2N6/c57-43-27-23-41(24-28-43)53-55-49(47-19-9-11-21-51(47)63(55)37-39-15-5-3-6-16-39)33-45(61-53)35-59-31-13-1-2-14-32-60-36-46-34-50-48-20-10-12-22-52(48)64(38-40-17-7-4-8-18-40)56(50)54(62-46)42-25-29-44(58)30-26-42/h3-12,15-30,33-34,59-60H,1-2,13-14,31-32,35-38H2. The lowest BCUT2D eigenvalue weighted by Crippen LogP contribution is -2.17. The summed E-state index contributed by atoms with van der Waals surface area (Å²) in [6.45, 7) is 4.82. The first-order chi connectivity index (χ1) is 31.6. The molecule has 0 saturated carbocycles. The molecule has 0 atom stereocenters. The fraction of sp³-hybridized carbons (Fsp3) is 0.179. The minimum Gasteiger partial charge on any atom is -0.334 e. The van der Waals surface area contributed by atoms with Gasteiger partial charge in [-0.1, -0.05) is 157 Å². The van der Waals surface area contributed by atoms with Gasteiger partial charge in [0.15, 0.2) is 0 Å². The van der Waals surface area contributed by atoms with Crippen LogP contribution in [0.1, 0.15) is 48.2 Å². The van der Waals surface area contributed by atoms with Crippen LogP contribution in [0.5, 0.6) is 0 Å². The van der Waals surface area contributed by atoms with E-state index < -0.39 is 0 Å². The Kier molecular flexibility index (Phi) is 12.5. The lowest BCUT2D eigenvalue weighted by Gasteiger charge is -2.13. The van der Waals surface area contributed by atoms with Crippen LogP contribution in [0.2, 0.25) is 10.0 Å². The summed E-state index contributed by atoms with van der Waals surface area (Å²) in [5.74, 6) is 0. The highest BCUT2D eigenvalue weighted by molar-refractivity contribution is 6.31. The summed E-state index contributed by atoms with van der Waals surface area (Å²) >= 11 is 12.7. The van der Waals surface area contributed by atoms with Gasteiger partial charge in [-0.2, -0.15) is 0 Å². The summed E-state index contributed by atoms with van der Waals surface area (Å²) in [7, 11) is 0. The van der Waals surface area contributed by atoms with Crippen molar-refractivity contribution in [3.05, 3.63) is 202 Å². The van der Waals surface area contributed by atoms with Crippen LogP contribution in [0.25, 0.3) is 66.1 Å². The van der Waals surface area contributed by atoms with Gasteiger partial charge in [-0.05, 0) is 85.6 Å². The predicted octanol–water partition coefficient (Wildman–Crippen LogP) is 13.9. The van der Waals surface area contributed by atoms with Gasteiger partial charge in [0.05, 0.1) is 33.8 Å². The van der Waals surface area contributed by atoms with Crippen molar-refractivity contribution in [3.8, 4) is 22.5 Å². The minimum atomic E-state index is 0.705. The average molecular weight is 878 g/mol. The van der Waals surface area contributed by atoms with Crippen molar-refractivity contribution in [2.75, 3.05) is 13.1 Å². The maximum atomic E-state index is 6.36. The molecule has 2 N–H and O–H groups in total. The van der Waals surface area contributed by atoms with Gasteiger partial charge in [0, 0.05) is 79.9 Å². The molecule has 64 heavy (non-hydrogen) atoms. The second-order valence-corrected chi connectivity index (χ2v) is 17.5. The van der Waals surface area contributed by atoms with Crippen LogP contribution >= 0.6 is 23.2 Å². The molecule has 10 rings (SSSR count). The quantitative estimate of drug-likeness (QED) is 0.0895. The number of halogens is 2. The number of nitrogens with zero attached hydrogens (tertiary/aromatic N) is 4. The number of para-hydroxylation sites is 2. The summed E-state index contributed by atoms with van der Waals surface area (Å²) in [5, 5.41) is 13.8. The third kappa shape index (κ3) is 8.93. The number of aromatic nitrogens is 4. The van der Waals surface area contributed by atoms with E-state index in [9.17, 15) is 0 Å². The van der Waals surface area contributed by atoms with E-state index in [1.54, 1.807) is 0 Å². The largest absolute Gasteiger partial charge is 0.334 e. The number of unbranched alkanes of at least 4 members (excludes halogenated alkanes) is 3. The molecule has 0 bridgehead atoms. The van der Waals surface area contributed by atoms with Crippen molar-refractivity contribution in [2.45, 2.75) is 51.9 Å². The van der Waals surface area contributed by atoms with E-state index >= 15 is 0 Å². The molecule has 0 spiro atoms. The molecular weight excluding hydrogens is 828 g/mol. The Morgan fingerprint density at radius 3 is 1.22 bits per heavy atom. The van der Waals surface area contributed by atoms with Crippen LogP contribution in [0.4, 0.5) is 0 Å². The highest BCUT2D eigenvalue weighted by Crippen LogP contribution is 2.38. The molecule has 0 aliphatic heterocycles. The van der Waals surface area contributed by atoms with Gasteiger partial charge in [0.1, 0.15) is 0 Å². The Morgan fingerprint density at radius 1 is 0.406 bits per heavy atom. The second kappa shape index (κ2) is 19.2. The number of pyridine rings is 2. The lowest BCUT2D eigenvalue weighted by molar-refractivity contribution is 0.559. The number of rotatable bonds is 17. The van der Waals surface area contributed by atoms with Gasteiger partial charge in [-0.3, -0.25) is 0 Å². The molecule has 0 amide bonds. The number of hydrogen-bond acceptors (Lipinski definition) is 4. The molecule has 0 aliphatic carbocycles. The van der Waals surface area contributed by atoms with Gasteiger partial charge in [-0.25, -0.2) is 9.97 Å². The molecule has 0 fully saturated rings. The van der Waals surface area contributed by atoms with E-state index in [0.29, 0.717) is 13.1 Å². The molecule has 0 radical (unpaired) electrons. The molecule has 10 aromatic rings. The van der Waals surface area contributed by atoms with Crippen molar-refractivity contribution in [3.63, 3.8) is 0 Å². The maximum absolute atomic E-state index is 6.36. The Morgan fingerprint density at radius 2 is 0.797 bits per heavy atom. The Bertz CT molecular complexity index is 2960. The van der Waals surface area contributed by atoms with Crippen LogP contribution in [0, 0.1) is 0 Å². The highest BCUT2D eigenvalue weighted by atomic mass is 35.5. The monoisotopic (exact) mass is 876 g/mol. The van der Waals surface area contributed by atoms with Gasteiger partial charge in [0.2, 0.25) is 0 Å². The highest BCUT2D eigenvalue weighted by Gasteiger charge is 2.20. The molecule has 4 heterocycles. The van der Waals surface area contributed by atoms with Crippen LogP contribution in [-0.2, 0) is 26.2 Å². The summed E-state index contributed by atoms with van der Waals surface area (Å²) < 4.78 is 4.84. The first kappa shape index (κ1) is 41.7. The minimum absolute atomic E-state index is 0.705. The number of fused-ring (bicyclic) bond motifs is 6. The number of benzene rings is 6. The lowest BCUT2D eigenvalue weighted by atomic mass is 10.1. The van der Waals surface area contributed by atoms with E-state index in [1.165, 1.54) is 43.7 Å². The molecular formula is C56H50Cl2N6. The topological polar surface area (TPSA) is 59.7 Å². The van der Waals surface area contributed by atoms with Gasteiger partial charge < -0.3 is 19.8 Å².